The Balaban J connectivity index is 3.23. The molecule has 0 amide bonds. The summed E-state index contributed by atoms with van der Waals surface area (Å²) >= 11 is 10.7. The molecule has 0 saturated heterocycles. The van der Waals surface area contributed by atoms with Crippen LogP contribution in [0.25, 0.3) is 0 Å². The number of alkyl halides is 2. The third-order valence-electron chi connectivity index (χ3n) is 1.27. The van der Waals surface area contributed by atoms with E-state index in [1.165, 1.54) is 0 Å². The van der Waals surface area contributed by atoms with Crippen LogP contribution in [-0.4, -0.2) is 0 Å². The van der Waals surface area contributed by atoms with Crippen molar-refractivity contribution in [1.82, 2.24) is 0 Å². The summed E-state index contributed by atoms with van der Waals surface area (Å²) in [5, 5.41) is -0.485. The Morgan fingerprint density at radius 1 is 1.08 bits per heavy atom. The lowest BCUT2D eigenvalue weighted by atomic mass is 10.2. The van der Waals surface area contributed by atoms with Gasteiger partial charge in [-0.1, -0.05) is 23.2 Å². The molecule has 0 atom stereocenters. The molecule has 0 saturated carbocycles. The first-order valence-electron chi connectivity index (χ1n) is 2.95. The van der Waals surface area contributed by atoms with Gasteiger partial charge in [0.25, 0.3) is 6.43 Å². The fraction of sp³-hybridized carbons (Fsp3) is 0.143. The lowest BCUT2D eigenvalue weighted by Crippen LogP contribution is -1.88. The molecular weight excluding hydrogens is 212 g/mol. The van der Waals surface area contributed by atoms with Gasteiger partial charge in [-0.15, -0.1) is 0 Å². The van der Waals surface area contributed by atoms with Gasteiger partial charge in [0.2, 0.25) is 0 Å². The average molecular weight is 215 g/mol. The van der Waals surface area contributed by atoms with Crippen LogP contribution >= 0.6 is 23.2 Å². The van der Waals surface area contributed by atoms with Crippen LogP contribution in [0.4, 0.5) is 13.2 Å². The van der Waals surface area contributed by atoms with E-state index in [1.807, 2.05) is 0 Å². The normalized spacial score (nSPS) is 10.8. The first kappa shape index (κ1) is 9.68. The molecule has 0 bridgehead atoms. The van der Waals surface area contributed by atoms with E-state index in [-0.39, 0.29) is 10.0 Å². The molecule has 0 nitrogen and oxygen atoms in total. The smallest absolute Gasteiger partial charge is 0.205 e. The van der Waals surface area contributed by atoms with Crippen molar-refractivity contribution in [3.05, 3.63) is 33.6 Å². The van der Waals surface area contributed by atoms with Gasteiger partial charge in [-0.25, -0.2) is 13.2 Å². The van der Waals surface area contributed by atoms with Crippen molar-refractivity contribution < 1.29 is 13.2 Å². The Morgan fingerprint density at radius 2 is 1.67 bits per heavy atom. The minimum atomic E-state index is -2.79. The van der Waals surface area contributed by atoms with Crippen LogP contribution < -0.4 is 0 Å². The first-order valence-corrected chi connectivity index (χ1v) is 3.70. The minimum Gasteiger partial charge on any atom is -0.205 e. The van der Waals surface area contributed by atoms with Crippen molar-refractivity contribution in [2.75, 3.05) is 0 Å². The van der Waals surface area contributed by atoms with Crippen molar-refractivity contribution in [3.8, 4) is 0 Å². The molecule has 5 heteroatoms. The molecule has 0 aliphatic carbocycles. The quantitative estimate of drug-likeness (QED) is 0.619. The van der Waals surface area contributed by atoms with E-state index in [0.717, 1.165) is 6.07 Å². The Labute approximate surface area is 76.9 Å². The van der Waals surface area contributed by atoms with Gasteiger partial charge in [-0.05, 0) is 12.1 Å². The number of halogens is 5. The zero-order valence-corrected chi connectivity index (χ0v) is 7.13. The standard InChI is InChI=1S/C7H3Cl2F3/c8-4-2-5(9)6(10)1-3(4)7(11)12/h1-2,7H. The van der Waals surface area contributed by atoms with E-state index >= 15 is 0 Å². The van der Waals surface area contributed by atoms with E-state index in [1.54, 1.807) is 0 Å². The highest BCUT2D eigenvalue weighted by Gasteiger charge is 2.14. The van der Waals surface area contributed by atoms with Crippen LogP contribution in [0, 0.1) is 5.82 Å². The summed E-state index contributed by atoms with van der Waals surface area (Å²) in [6.45, 7) is 0. The molecule has 0 unspecified atom stereocenters. The highest BCUT2D eigenvalue weighted by Crippen LogP contribution is 2.30. The highest BCUT2D eigenvalue weighted by atomic mass is 35.5. The van der Waals surface area contributed by atoms with E-state index in [0.29, 0.717) is 6.07 Å². The molecule has 0 aliphatic rings. The van der Waals surface area contributed by atoms with Gasteiger partial charge in [-0.3, -0.25) is 0 Å². The molecular formula is C7H3Cl2F3. The summed E-state index contributed by atoms with van der Waals surface area (Å²) in [5.41, 5.74) is -0.543. The number of rotatable bonds is 1. The fourth-order valence-corrected chi connectivity index (χ4v) is 1.17. The summed E-state index contributed by atoms with van der Waals surface area (Å²) in [6, 6.07) is 1.59. The largest absolute Gasteiger partial charge is 0.265 e. The minimum absolute atomic E-state index is 0.226. The third kappa shape index (κ3) is 1.84. The second-order valence-corrected chi connectivity index (χ2v) is 2.90. The van der Waals surface area contributed by atoms with Gasteiger partial charge in [0.05, 0.1) is 10.0 Å². The second kappa shape index (κ2) is 3.54. The van der Waals surface area contributed by atoms with Gasteiger partial charge in [-0.2, -0.15) is 0 Å². The molecule has 1 rings (SSSR count). The Bertz CT molecular complexity index is 299. The van der Waals surface area contributed by atoms with Crippen LogP contribution in [0.2, 0.25) is 10.0 Å². The summed E-state index contributed by atoms with van der Waals surface area (Å²) in [7, 11) is 0. The number of hydrogen-bond donors (Lipinski definition) is 0. The third-order valence-corrected chi connectivity index (χ3v) is 1.89. The molecule has 0 spiro atoms. The van der Waals surface area contributed by atoms with Crippen molar-refractivity contribution in [3.63, 3.8) is 0 Å². The van der Waals surface area contributed by atoms with Gasteiger partial charge in [0, 0.05) is 5.56 Å². The molecule has 12 heavy (non-hydrogen) atoms. The Kier molecular flexibility index (Phi) is 2.85. The molecule has 0 aliphatic heterocycles. The van der Waals surface area contributed by atoms with E-state index < -0.39 is 17.8 Å². The van der Waals surface area contributed by atoms with Gasteiger partial charge in [0.1, 0.15) is 5.82 Å². The first-order chi connectivity index (χ1) is 5.52. The molecule has 0 heterocycles. The lowest BCUT2D eigenvalue weighted by Gasteiger charge is -2.03. The van der Waals surface area contributed by atoms with Crippen molar-refractivity contribution in [2.24, 2.45) is 0 Å². The second-order valence-electron chi connectivity index (χ2n) is 2.09. The maximum absolute atomic E-state index is 12.6. The summed E-state index contributed by atoms with van der Waals surface area (Å²) in [6.07, 6.45) is -2.79. The molecule has 66 valence electrons. The maximum Gasteiger partial charge on any atom is 0.265 e. The number of hydrogen-bond acceptors (Lipinski definition) is 0. The zero-order valence-electron chi connectivity index (χ0n) is 5.62. The average Bonchev–Trinajstić information content (AvgIpc) is 1.96. The van der Waals surface area contributed by atoms with Crippen LogP contribution in [-0.2, 0) is 0 Å². The fourth-order valence-electron chi connectivity index (χ4n) is 0.705. The van der Waals surface area contributed by atoms with E-state index in [2.05, 4.69) is 0 Å². The monoisotopic (exact) mass is 214 g/mol. The van der Waals surface area contributed by atoms with Crippen molar-refractivity contribution in [2.45, 2.75) is 6.43 Å². The predicted molar refractivity (Wildman–Crippen MR) is 41.4 cm³/mol. The Morgan fingerprint density at radius 3 is 2.17 bits per heavy atom. The SMILES string of the molecule is Fc1cc(C(F)F)c(Cl)cc1Cl. The molecule has 1 aromatic carbocycles. The van der Waals surface area contributed by atoms with E-state index in [4.69, 9.17) is 23.2 Å². The predicted octanol–water partition coefficient (Wildman–Crippen LogP) is 4.07. The number of benzene rings is 1. The molecule has 0 radical (unpaired) electrons. The van der Waals surface area contributed by atoms with Gasteiger partial charge in [0.15, 0.2) is 0 Å². The van der Waals surface area contributed by atoms with Crippen LogP contribution in [0.1, 0.15) is 12.0 Å². The summed E-state index contributed by atoms with van der Waals surface area (Å²) in [4.78, 5) is 0. The van der Waals surface area contributed by atoms with E-state index in [9.17, 15) is 13.2 Å². The summed E-state index contributed by atoms with van der Waals surface area (Å²) < 4.78 is 36.7. The van der Waals surface area contributed by atoms with Crippen molar-refractivity contribution >= 4 is 23.2 Å². The lowest BCUT2D eigenvalue weighted by molar-refractivity contribution is 0.151. The van der Waals surface area contributed by atoms with Crippen LogP contribution in [0.3, 0.4) is 0 Å². The zero-order chi connectivity index (χ0) is 9.30. The van der Waals surface area contributed by atoms with Gasteiger partial charge >= 0.3 is 0 Å². The van der Waals surface area contributed by atoms with Crippen molar-refractivity contribution in [1.29, 1.82) is 0 Å². The maximum atomic E-state index is 12.6. The Hall–Kier alpha value is -0.410. The topological polar surface area (TPSA) is 0 Å². The summed E-state index contributed by atoms with van der Waals surface area (Å²) in [5.74, 6) is -0.892. The van der Waals surface area contributed by atoms with Crippen LogP contribution in [0.5, 0.6) is 0 Å². The molecule has 0 aromatic heterocycles. The molecule has 1 aromatic rings. The van der Waals surface area contributed by atoms with Crippen LogP contribution in [0.15, 0.2) is 12.1 Å². The van der Waals surface area contributed by atoms with Gasteiger partial charge < -0.3 is 0 Å². The molecule has 0 N–H and O–H groups in total. The highest BCUT2D eigenvalue weighted by molar-refractivity contribution is 6.35. The molecule has 0 fully saturated rings.